The monoisotopic (exact) mass is 228 g/mol. The van der Waals surface area contributed by atoms with Gasteiger partial charge in [0.25, 0.3) is 0 Å². The first-order valence-corrected chi connectivity index (χ1v) is 3.90. The summed E-state index contributed by atoms with van der Waals surface area (Å²) in [4.78, 5) is 0. The Balaban J connectivity index is 3.32. The van der Waals surface area contributed by atoms with Crippen molar-refractivity contribution in [3.63, 3.8) is 0 Å². The molecule has 0 radical (unpaired) electrons. The van der Waals surface area contributed by atoms with Crippen molar-refractivity contribution in [2.24, 2.45) is 0 Å². The van der Waals surface area contributed by atoms with Crippen LogP contribution in [0, 0.1) is 5.82 Å². The summed E-state index contributed by atoms with van der Waals surface area (Å²) in [7, 11) is 0. The van der Waals surface area contributed by atoms with Gasteiger partial charge in [-0.3, -0.25) is 0 Å². The zero-order valence-electron chi connectivity index (χ0n) is 6.70. The highest BCUT2D eigenvalue weighted by molar-refractivity contribution is 6.31. The minimum absolute atomic E-state index is 0.429. The molecule has 14 heavy (non-hydrogen) atoms. The number of alkyl halides is 3. The van der Waals surface area contributed by atoms with Crippen LogP contribution in [0.4, 0.5) is 17.6 Å². The number of aliphatic hydroxyl groups excluding tert-OH is 1. The first kappa shape index (κ1) is 11.3. The fourth-order valence-corrected chi connectivity index (χ4v) is 1.19. The summed E-state index contributed by atoms with van der Waals surface area (Å²) in [6, 6.07) is 1.04. The van der Waals surface area contributed by atoms with E-state index in [4.69, 9.17) is 16.7 Å². The lowest BCUT2D eigenvalue weighted by atomic mass is 10.1. The van der Waals surface area contributed by atoms with E-state index < -0.39 is 34.7 Å². The van der Waals surface area contributed by atoms with Crippen LogP contribution in [-0.2, 0) is 12.8 Å². The van der Waals surface area contributed by atoms with Gasteiger partial charge in [0.15, 0.2) is 0 Å². The van der Waals surface area contributed by atoms with Gasteiger partial charge in [0.2, 0.25) is 0 Å². The maximum atomic E-state index is 12.8. The van der Waals surface area contributed by atoms with Crippen molar-refractivity contribution in [2.75, 3.05) is 0 Å². The fraction of sp³-hybridized carbons (Fsp3) is 0.250. The summed E-state index contributed by atoms with van der Waals surface area (Å²) >= 11 is 5.20. The van der Waals surface area contributed by atoms with Crippen molar-refractivity contribution in [2.45, 2.75) is 12.8 Å². The number of halogens is 5. The lowest BCUT2D eigenvalue weighted by molar-refractivity contribution is -0.137. The lowest BCUT2D eigenvalue weighted by Crippen LogP contribution is -2.07. The predicted molar refractivity (Wildman–Crippen MR) is 42.3 cm³/mol. The van der Waals surface area contributed by atoms with E-state index in [0.717, 1.165) is 0 Å². The van der Waals surface area contributed by atoms with Gasteiger partial charge in [0.05, 0.1) is 17.2 Å². The Morgan fingerprint density at radius 1 is 1.29 bits per heavy atom. The van der Waals surface area contributed by atoms with Gasteiger partial charge in [-0.2, -0.15) is 13.2 Å². The third-order valence-corrected chi connectivity index (χ3v) is 1.92. The summed E-state index contributed by atoms with van der Waals surface area (Å²) in [5.41, 5.74) is -1.58. The Hall–Kier alpha value is -0.810. The lowest BCUT2D eigenvalue weighted by Gasteiger charge is -2.10. The van der Waals surface area contributed by atoms with Crippen LogP contribution in [0.3, 0.4) is 0 Å². The molecular formula is C8H5ClF4O. The molecule has 0 aliphatic carbocycles. The summed E-state index contributed by atoms with van der Waals surface area (Å²) in [5.74, 6) is -0.953. The maximum absolute atomic E-state index is 12.8. The highest BCUT2D eigenvalue weighted by Gasteiger charge is 2.34. The van der Waals surface area contributed by atoms with Crippen LogP contribution in [-0.4, -0.2) is 5.11 Å². The van der Waals surface area contributed by atoms with Crippen molar-refractivity contribution in [3.05, 3.63) is 34.1 Å². The predicted octanol–water partition coefficient (Wildman–Crippen LogP) is 2.99. The molecule has 0 atom stereocenters. The average molecular weight is 229 g/mol. The van der Waals surface area contributed by atoms with Gasteiger partial charge in [0.1, 0.15) is 5.82 Å². The number of benzene rings is 1. The molecule has 1 N–H and O–H groups in total. The zero-order chi connectivity index (χ0) is 10.9. The van der Waals surface area contributed by atoms with Crippen LogP contribution >= 0.6 is 11.6 Å². The largest absolute Gasteiger partial charge is 0.417 e. The van der Waals surface area contributed by atoms with Crippen LogP contribution in [0.25, 0.3) is 0 Å². The molecule has 0 saturated carbocycles. The zero-order valence-corrected chi connectivity index (χ0v) is 7.45. The minimum Gasteiger partial charge on any atom is -0.392 e. The number of aliphatic hydroxyl groups is 1. The molecular weight excluding hydrogens is 224 g/mol. The first-order chi connectivity index (χ1) is 6.36. The molecule has 0 aromatic heterocycles. The van der Waals surface area contributed by atoms with E-state index in [9.17, 15) is 17.6 Å². The second kappa shape index (κ2) is 3.74. The smallest absolute Gasteiger partial charge is 0.392 e. The highest BCUT2D eigenvalue weighted by atomic mass is 35.5. The molecule has 0 heterocycles. The van der Waals surface area contributed by atoms with E-state index in [1.54, 1.807) is 0 Å². The van der Waals surface area contributed by atoms with Crippen molar-refractivity contribution < 1.29 is 22.7 Å². The molecule has 1 aromatic rings. The highest BCUT2D eigenvalue weighted by Crippen LogP contribution is 2.35. The van der Waals surface area contributed by atoms with Crippen molar-refractivity contribution >= 4 is 11.6 Å². The van der Waals surface area contributed by atoms with Crippen LogP contribution < -0.4 is 0 Å². The maximum Gasteiger partial charge on any atom is 0.417 e. The van der Waals surface area contributed by atoms with E-state index in [1.165, 1.54) is 0 Å². The van der Waals surface area contributed by atoms with Crippen LogP contribution in [0.15, 0.2) is 12.1 Å². The van der Waals surface area contributed by atoms with Crippen LogP contribution in [0.5, 0.6) is 0 Å². The summed E-state index contributed by atoms with van der Waals surface area (Å²) in [6.07, 6.45) is -4.64. The van der Waals surface area contributed by atoms with E-state index in [-0.39, 0.29) is 0 Å². The van der Waals surface area contributed by atoms with E-state index >= 15 is 0 Å². The second-order valence-corrected chi connectivity index (χ2v) is 2.99. The molecule has 1 nitrogen and oxygen atoms in total. The first-order valence-electron chi connectivity index (χ1n) is 3.52. The van der Waals surface area contributed by atoms with Gasteiger partial charge in [-0.05, 0) is 12.1 Å². The van der Waals surface area contributed by atoms with E-state index in [0.29, 0.717) is 12.1 Å². The SMILES string of the molecule is OCc1cc(C(F)(F)F)c(Cl)cc1F. The Bertz CT molecular complexity index is 348. The molecule has 78 valence electrons. The van der Waals surface area contributed by atoms with Gasteiger partial charge in [-0.25, -0.2) is 4.39 Å². The number of rotatable bonds is 1. The quantitative estimate of drug-likeness (QED) is 0.733. The Labute approximate surface area is 81.9 Å². The molecule has 1 rings (SSSR count). The van der Waals surface area contributed by atoms with Gasteiger partial charge in [-0.1, -0.05) is 11.6 Å². The van der Waals surface area contributed by atoms with Gasteiger partial charge >= 0.3 is 6.18 Å². The third-order valence-electron chi connectivity index (χ3n) is 1.61. The molecule has 0 unspecified atom stereocenters. The molecule has 0 spiro atoms. The molecule has 0 amide bonds. The van der Waals surface area contributed by atoms with Gasteiger partial charge in [-0.15, -0.1) is 0 Å². The van der Waals surface area contributed by atoms with Crippen molar-refractivity contribution in [1.29, 1.82) is 0 Å². The average Bonchev–Trinajstić information content (AvgIpc) is 2.02. The summed E-state index contributed by atoms with van der Waals surface area (Å²) in [5, 5.41) is 7.83. The topological polar surface area (TPSA) is 20.2 Å². The molecule has 0 fully saturated rings. The van der Waals surface area contributed by atoms with E-state index in [2.05, 4.69) is 0 Å². The normalized spacial score (nSPS) is 11.9. The molecule has 0 bridgehead atoms. The van der Waals surface area contributed by atoms with Crippen molar-refractivity contribution in [1.82, 2.24) is 0 Å². The van der Waals surface area contributed by atoms with Gasteiger partial charge < -0.3 is 5.11 Å². The van der Waals surface area contributed by atoms with Crippen LogP contribution in [0.2, 0.25) is 5.02 Å². The molecule has 0 aliphatic heterocycles. The minimum atomic E-state index is -4.64. The van der Waals surface area contributed by atoms with E-state index in [1.807, 2.05) is 0 Å². The molecule has 0 saturated heterocycles. The summed E-state index contributed by atoms with van der Waals surface area (Å²) < 4.78 is 49.4. The third kappa shape index (κ3) is 2.16. The fourth-order valence-electron chi connectivity index (χ4n) is 0.932. The van der Waals surface area contributed by atoms with Crippen molar-refractivity contribution in [3.8, 4) is 0 Å². The van der Waals surface area contributed by atoms with Gasteiger partial charge in [0, 0.05) is 5.56 Å². The number of hydrogen-bond donors (Lipinski definition) is 1. The molecule has 1 aromatic carbocycles. The standard InChI is InChI=1S/C8H5ClF4O/c9-6-2-7(10)4(3-14)1-5(6)8(11,12)13/h1-2,14H,3H2. The van der Waals surface area contributed by atoms with Crippen LogP contribution in [0.1, 0.15) is 11.1 Å². The number of hydrogen-bond acceptors (Lipinski definition) is 1. The second-order valence-electron chi connectivity index (χ2n) is 2.58. The Kier molecular flexibility index (Phi) is 3.01. The molecule has 0 aliphatic rings. The molecule has 6 heteroatoms. The Morgan fingerprint density at radius 2 is 1.86 bits per heavy atom. The summed E-state index contributed by atoms with van der Waals surface area (Å²) in [6.45, 7) is -0.800. The Morgan fingerprint density at radius 3 is 2.29 bits per heavy atom.